The number of esters is 1. The molecule has 192 valence electrons. The highest BCUT2D eigenvalue weighted by atomic mass is 32.2. The van der Waals surface area contributed by atoms with Crippen LogP contribution < -0.4 is 5.32 Å². The average Bonchev–Trinajstić information content (AvgIpc) is 3.73. The first-order chi connectivity index (χ1) is 18.5. The van der Waals surface area contributed by atoms with E-state index in [4.69, 9.17) is 13.6 Å². The topological polar surface area (TPSA) is 110 Å². The molecule has 8 nitrogen and oxygen atoms in total. The van der Waals surface area contributed by atoms with Crippen LogP contribution in [0.4, 0.5) is 5.00 Å². The number of imidazole rings is 1. The number of amides is 1. The fourth-order valence-corrected chi connectivity index (χ4v) is 6.69. The van der Waals surface area contributed by atoms with Crippen LogP contribution in [-0.2, 0) is 22.4 Å². The van der Waals surface area contributed by atoms with E-state index in [9.17, 15) is 9.59 Å². The van der Waals surface area contributed by atoms with Gasteiger partial charge in [0.05, 0.1) is 30.4 Å². The first-order valence-corrected chi connectivity index (χ1v) is 13.7. The Morgan fingerprint density at radius 2 is 1.84 bits per heavy atom. The normalized spacial score (nSPS) is 13.0. The largest absolute Gasteiger partial charge is 0.465 e. The lowest BCUT2D eigenvalue weighted by Gasteiger charge is -2.16. The number of hydrogen-bond donors (Lipinski definition) is 2. The molecule has 1 aromatic carbocycles. The molecule has 0 radical (unpaired) electrons. The molecule has 2 N–H and O–H groups in total. The average molecular weight is 546 g/mol. The van der Waals surface area contributed by atoms with Gasteiger partial charge in [0.25, 0.3) is 0 Å². The number of hydrogen-bond acceptors (Lipinski definition) is 8. The molecular weight excluding hydrogens is 522 g/mol. The van der Waals surface area contributed by atoms with Gasteiger partial charge in [0.1, 0.15) is 16.4 Å². The van der Waals surface area contributed by atoms with Crippen molar-refractivity contribution in [2.45, 2.75) is 30.2 Å². The zero-order chi connectivity index (χ0) is 26.2. The van der Waals surface area contributed by atoms with E-state index in [1.165, 1.54) is 35.8 Å². The molecule has 1 atom stereocenters. The molecule has 4 heterocycles. The summed E-state index contributed by atoms with van der Waals surface area (Å²) in [6.45, 7) is 1.79. The van der Waals surface area contributed by atoms with Crippen molar-refractivity contribution in [3.05, 3.63) is 77.7 Å². The van der Waals surface area contributed by atoms with E-state index in [1.807, 2.05) is 24.3 Å². The summed E-state index contributed by atoms with van der Waals surface area (Å²) in [5.41, 5.74) is 4.95. The lowest BCUT2D eigenvalue weighted by atomic mass is 9.89. The molecule has 38 heavy (non-hydrogen) atoms. The molecular formula is C28H23N3O5S2. The molecule has 0 saturated carbocycles. The maximum Gasteiger partial charge on any atom is 0.341 e. The monoisotopic (exact) mass is 545 g/mol. The molecule has 0 bridgehead atoms. The summed E-state index contributed by atoms with van der Waals surface area (Å²) in [6, 6.07) is 15.4. The smallest absolute Gasteiger partial charge is 0.341 e. The van der Waals surface area contributed by atoms with Crippen molar-refractivity contribution in [3.8, 4) is 33.3 Å². The van der Waals surface area contributed by atoms with Gasteiger partial charge in [0, 0.05) is 4.88 Å². The zero-order valence-corrected chi connectivity index (χ0v) is 22.2. The van der Waals surface area contributed by atoms with Crippen LogP contribution in [0.15, 0.2) is 75.0 Å². The number of nitrogens with zero attached hydrogens (tertiary/aromatic N) is 1. The number of furan rings is 2. The first kappa shape index (κ1) is 24.3. The van der Waals surface area contributed by atoms with Crippen LogP contribution in [0.1, 0.15) is 28.4 Å². The van der Waals surface area contributed by atoms with Crippen molar-refractivity contribution in [1.29, 1.82) is 0 Å². The molecule has 10 heteroatoms. The first-order valence-electron chi connectivity index (χ1n) is 12.0. The summed E-state index contributed by atoms with van der Waals surface area (Å²) >= 11 is 2.68. The number of benzene rings is 1. The Kier molecular flexibility index (Phi) is 6.42. The SMILES string of the molecule is COC(=O)c1c(NC(=O)C(C)Sc2nc(-c3ccco3)c(-c3ccco3)[nH]2)sc2c1CCc1ccccc1-2. The number of thioether (sulfide) groups is 1. The van der Waals surface area contributed by atoms with E-state index in [2.05, 4.69) is 27.4 Å². The lowest BCUT2D eigenvalue weighted by Crippen LogP contribution is -2.23. The second-order valence-electron chi connectivity index (χ2n) is 8.73. The molecule has 4 aromatic heterocycles. The Morgan fingerprint density at radius 1 is 1.08 bits per heavy atom. The predicted molar refractivity (Wildman–Crippen MR) is 146 cm³/mol. The summed E-state index contributed by atoms with van der Waals surface area (Å²) in [5.74, 6) is 0.501. The summed E-state index contributed by atoms with van der Waals surface area (Å²) in [6.07, 6.45) is 4.71. The number of ether oxygens (including phenoxy) is 1. The van der Waals surface area contributed by atoms with Gasteiger partial charge in [0.15, 0.2) is 16.7 Å². The second kappa shape index (κ2) is 10.0. The Bertz CT molecular complexity index is 1560. The second-order valence-corrected chi connectivity index (χ2v) is 11.1. The number of thiophene rings is 1. The third kappa shape index (κ3) is 4.35. The van der Waals surface area contributed by atoms with E-state index in [-0.39, 0.29) is 5.91 Å². The van der Waals surface area contributed by atoms with Gasteiger partial charge in [-0.25, -0.2) is 9.78 Å². The molecule has 1 amide bonds. The highest BCUT2D eigenvalue weighted by Crippen LogP contribution is 2.45. The van der Waals surface area contributed by atoms with Gasteiger partial charge in [-0.05, 0) is 60.7 Å². The van der Waals surface area contributed by atoms with Crippen LogP contribution in [0, 0.1) is 0 Å². The minimum atomic E-state index is -0.521. The lowest BCUT2D eigenvalue weighted by molar-refractivity contribution is -0.115. The predicted octanol–water partition coefficient (Wildman–Crippen LogP) is 6.66. The third-order valence-corrected chi connectivity index (χ3v) is 8.57. The van der Waals surface area contributed by atoms with E-state index in [1.54, 1.807) is 31.6 Å². The Morgan fingerprint density at radius 3 is 2.58 bits per heavy atom. The molecule has 0 aliphatic heterocycles. The molecule has 1 unspecified atom stereocenters. The number of H-pyrrole nitrogens is 1. The fraction of sp³-hybridized carbons (Fsp3) is 0.179. The maximum absolute atomic E-state index is 13.3. The standard InChI is InChI=1S/C28H23N3O5S2/c1-15(37-28-29-22(19-9-5-13-35-19)23(30-28)20-10-6-14-36-20)25(32)31-26-21(27(33)34-2)18-12-11-16-7-3-4-8-17(16)24(18)38-26/h3-10,13-15H,11-12H2,1-2H3,(H,29,30)(H,31,32). The molecule has 5 aromatic rings. The van der Waals surface area contributed by atoms with Crippen molar-refractivity contribution in [2.24, 2.45) is 0 Å². The number of aromatic amines is 1. The third-order valence-electron chi connectivity index (χ3n) is 6.40. The number of carbonyl (C=O) groups excluding carboxylic acids is 2. The minimum Gasteiger partial charge on any atom is -0.465 e. The Hall–Kier alpha value is -4.02. The van der Waals surface area contributed by atoms with Crippen molar-refractivity contribution >= 4 is 40.0 Å². The van der Waals surface area contributed by atoms with E-state index < -0.39 is 11.2 Å². The summed E-state index contributed by atoms with van der Waals surface area (Å²) in [4.78, 5) is 35.0. The number of anilines is 1. The van der Waals surface area contributed by atoms with Crippen LogP contribution in [0.2, 0.25) is 0 Å². The maximum atomic E-state index is 13.3. The fourth-order valence-electron chi connectivity index (χ4n) is 4.58. The van der Waals surface area contributed by atoms with Crippen LogP contribution in [0.3, 0.4) is 0 Å². The van der Waals surface area contributed by atoms with E-state index >= 15 is 0 Å². The summed E-state index contributed by atoms with van der Waals surface area (Å²) < 4.78 is 16.2. The van der Waals surface area contributed by atoms with Gasteiger partial charge < -0.3 is 23.9 Å². The van der Waals surface area contributed by atoms with Gasteiger partial charge in [-0.3, -0.25) is 4.79 Å². The van der Waals surface area contributed by atoms with E-state index in [0.717, 1.165) is 22.4 Å². The van der Waals surface area contributed by atoms with Gasteiger partial charge >= 0.3 is 5.97 Å². The molecule has 6 rings (SSSR count). The highest BCUT2D eigenvalue weighted by Gasteiger charge is 2.30. The van der Waals surface area contributed by atoms with Crippen LogP contribution in [0.5, 0.6) is 0 Å². The number of rotatable bonds is 7. The van der Waals surface area contributed by atoms with Gasteiger partial charge in [-0.15, -0.1) is 11.3 Å². The number of carbonyl (C=O) groups is 2. The number of aromatic nitrogens is 2. The minimum absolute atomic E-state index is 0.248. The quantitative estimate of drug-likeness (QED) is 0.174. The van der Waals surface area contributed by atoms with E-state index in [0.29, 0.717) is 45.1 Å². The van der Waals surface area contributed by atoms with Crippen molar-refractivity contribution in [1.82, 2.24) is 9.97 Å². The molecule has 0 spiro atoms. The van der Waals surface area contributed by atoms with Gasteiger partial charge in [-0.2, -0.15) is 0 Å². The zero-order valence-electron chi connectivity index (χ0n) is 20.6. The van der Waals surface area contributed by atoms with Crippen LogP contribution in [0.25, 0.3) is 33.3 Å². The van der Waals surface area contributed by atoms with Gasteiger partial charge in [-0.1, -0.05) is 36.0 Å². The highest BCUT2D eigenvalue weighted by molar-refractivity contribution is 8.00. The van der Waals surface area contributed by atoms with Gasteiger partial charge in [0.2, 0.25) is 5.91 Å². The Labute approximate surface area is 226 Å². The van der Waals surface area contributed by atoms with Crippen molar-refractivity contribution < 1.29 is 23.2 Å². The molecule has 0 saturated heterocycles. The molecule has 0 fully saturated rings. The Balaban J connectivity index is 1.27. The number of aryl methyl sites for hydroxylation is 1. The molecule has 1 aliphatic rings. The summed E-state index contributed by atoms with van der Waals surface area (Å²) in [7, 11) is 1.36. The molecule has 1 aliphatic carbocycles. The van der Waals surface area contributed by atoms with Crippen molar-refractivity contribution in [3.63, 3.8) is 0 Å². The summed E-state index contributed by atoms with van der Waals surface area (Å²) in [5, 5.41) is 3.51. The number of methoxy groups -OCH3 is 1. The number of nitrogens with one attached hydrogen (secondary N) is 2. The van der Waals surface area contributed by atoms with Crippen LogP contribution in [-0.4, -0.2) is 34.2 Å². The number of fused-ring (bicyclic) bond motifs is 3. The van der Waals surface area contributed by atoms with Crippen LogP contribution >= 0.6 is 23.1 Å². The van der Waals surface area contributed by atoms with Crippen molar-refractivity contribution in [2.75, 3.05) is 12.4 Å².